The number of carbonyl (C=O) groups is 2. The maximum Gasteiger partial charge on any atom is 0.353 e. The van der Waals surface area contributed by atoms with Gasteiger partial charge in [-0.2, -0.15) is 0 Å². The van der Waals surface area contributed by atoms with E-state index in [9.17, 15) is 28.8 Å². The van der Waals surface area contributed by atoms with Crippen molar-refractivity contribution in [2.45, 2.75) is 0 Å². The molecule has 2 rings (SSSR count). The van der Waals surface area contributed by atoms with Crippen molar-refractivity contribution in [2.75, 3.05) is 0 Å². The second-order valence-electron chi connectivity index (χ2n) is 3.65. The van der Waals surface area contributed by atoms with Gasteiger partial charge in [0.25, 0.3) is 11.1 Å². The van der Waals surface area contributed by atoms with Gasteiger partial charge in [-0.15, -0.1) is 0 Å². The normalized spacial score (nSPS) is 10.1. The van der Waals surface area contributed by atoms with Crippen LogP contribution in [0.2, 0.25) is 0 Å². The monoisotopic (exact) mass is 294 g/mol. The number of esters is 2. The molecule has 0 bridgehead atoms. The van der Waals surface area contributed by atoms with Crippen LogP contribution in [0, 0.1) is 0 Å². The summed E-state index contributed by atoms with van der Waals surface area (Å²) in [5.74, 6) is -2.74. The molecule has 0 radical (unpaired) electrons. The van der Waals surface area contributed by atoms with Crippen LogP contribution in [0.3, 0.4) is 0 Å². The molecule has 4 N–H and O–H groups in total. The third-order valence-corrected chi connectivity index (χ3v) is 2.26. The number of aromatic nitrogens is 4. The number of H-pyrrole nitrogens is 4. The molecule has 108 valence electrons. The summed E-state index contributed by atoms with van der Waals surface area (Å²) in [4.78, 5) is 74.9. The molecule has 0 fully saturated rings. The van der Waals surface area contributed by atoms with Crippen LogP contribution in [0.15, 0.2) is 31.6 Å². The highest BCUT2D eigenvalue weighted by Crippen LogP contribution is 1.96. The van der Waals surface area contributed by atoms with Gasteiger partial charge >= 0.3 is 23.3 Å². The molecule has 21 heavy (non-hydrogen) atoms. The minimum absolute atomic E-state index is 0.635. The van der Waals surface area contributed by atoms with Crippen molar-refractivity contribution in [3.05, 3.63) is 65.2 Å². The standard InChI is InChI=1S/C10H6N4O7/c15-5-3(1-11-9(19)13-5)7(17)21-8(18)4-2-12-10(20)14-6(4)16/h1-2H,(H2,11,13,15,19)(H2,12,14,16,20). The molecular formula is C10H6N4O7. The number of carbonyl (C=O) groups excluding carboxylic acids is 2. The molecule has 2 aromatic heterocycles. The Morgan fingerprint density at radius 1 is 0.762 bits per heavy atom. The van der Waals surface area contributed by atoms with E-state index in [2.05, 4.69) is 4.74 Å². The Balaban J connectivity index is 2.29. The average molecular weight is 294 g/mol. The SMILES string of the molecule is O=C(OC(=O)c1c[nH]c(=O)[nH]c1=O)c1c[nH]c(=O)[nH]c1=O. The van der Waals surface area contributed by atoms with Crippen molar-refractivity contribution < 1.29 is 14.3 Å². The van der Waals surface area contributed by atoms with E-state index < -0.39 is 45.6 Å². The van der Waals surface area contributed by atoms with Crippen LogP contribution in [0.1, 0.15) is 20.7 Å². The van der Waals surface area contributed by atoms with Crippen molar-refractivity contribution in [3.63, 3.8) is 0 Å². The molecule has 0 amide bonds. The average Bonchev–Trinajstić information content (AvgIpc) is 2.37. The summed E-state index contributed by atoms with van der Waals surface area (Å²) >= 11 is 0. The van der Waals surface area contributed by atoms with Gasteiger partial charge in [-0.05, 0) is 0 Å². The van der Waals surface area contributed by atoms with Gasteiger partial charge in [0.1, 0.15) is 11.1 Å². The van der Waals surface area contributed by atoms with Crippen LogP contribution in [0.25, 0.3) is 0 Å². The topological polar surface area (TPSA) is 175 Å². The van der Waals surface area contributed by atoms with Crippen LogP contribution < -0.4 is 22.5 Å². The maximum absolute atomic E-state index is 11.6. The fourth-order valence-corrected chi connectivity index (χ4v) is 1.32. The van der Waals surface area contributed by atoms with Crippen LogP contribution in [-0.4, -0.2) is 31.9 Å². The zero-order valence-corrected chi connectivity index (χ0v) is 10.0. The second kappa shape index (κ2) is 5.24. The molecule has 2 aromatic rings. The molecule has 0 aliphatic heterocycles. The highest BCUT2D eigenvalue weighted by Gasteiger charge is 2.20. The van der Waals surface area contributed by atoms with E-state index in [1.807, 2.05) is 9.97 Å². The van der Waals surface area contributed by atoms with E-state index in [4.69, 9.17) is 0 Å². The fourth-order valence-electron chi connectivity index (χ4n) is 1.32. The van der Waals surface area contributed by atoms with Gasteiger partial charge in [0, 0.05) is 12.4 Å². The van der Waals surface area contributed by atoms with Gasteiger partial charge in [0.15, 0.2) is 0 Å². The highest BCUT2D eigenvalue weighted by atomic mass is 16.6. The van der Waals surface area contributed by atoms with Crippen LogP contribution >= 0.6 is 0 Å². The summed E-state index contributed by atoms with van der Waals surface area (Å²) in [6.45, 7) is 0. The van der Waals surface area contributed by atoms with Crippen molar-refractivity contribution in [1.82, 2.24) is 19.9 Å². The molecule has 0 spiro atoms. The molecule has 0 aliphatic rings. The van der Waals surface area contributed by atoms with Crippen LogP contribution in [0.4, 0.5) is 0 Å². The Labute approximate surface area is 112 Å². The van der Waals surface area contributed by atoms with Crippen molar-refractivity contribution in [3.8, 4) is 0 Å². The largest absolute Gasteiger partial charge is 0.385 e. The minimum Gasteiger partial charge on any atom is -0.385 e. The summed E-state index contributed by atoms with van der Waals surface area (Å²) in [6.07, 6.45) is 1.52. The van der Waals surface area contributed by atoms with Gasteiger partial charge < -0.3 is 14.7 Å². The number of aromatic amines is 4. The first-order chi connectivity index (χ1) is 9.88. The predicted octanol–water partition coefficient (Wildman–Crippen LogP) is -2.56. The summed E-state index contributed by atoms with van der Waals surface area (Å²) in [7, 11) is 0. The van der Waals surface area contributed by atoms with Gasteiger partial charge in [0.2, 0.25) is 0 Å². The lowest BCUT2D eigenvalue weighted by atomic mass is 10.3. The number of rotatable bonds is 2. The molecule has 11 nitrogen and oxygen atoms in total. The minimum atomic E-state index is -1.37. The molecule has 2 heterocycles. The first kappa shape index (κ1) is 13.9. The van der Waals surface area contributed by atoms with E-state index in [-0.39, 0.29) is 0 Å². The lowest BCUT2D eigenvalue weighted by molar-refractivity contribution is 0.0394. The van der Waals surface area contributed by atoms with E-state index in [0.29, 0.717) is 0 Å². The Morgan fingerprint density at radius 2 is 1.14 bits per heavy atom. The zero-order chi connectivity index (χ0) is 15.6. The smallest absolute Gasteiger partial charge is 0.353 e. The molecule has 11 heteroatoms. The summed E-state index contributed by atoms with van der Waals surface area (Å²) < 4.78 is 4.30. The molecule has 0 atom stereocenters. The Bertz CT molecular complexity index is 867. The maximum atomic E-state index is 11.6. The van der Waals surface area contributed by atoms with Gasteiger partial charge in [-0.1, -0.05) is 0 Å². The lowest BCUT2D eigenvalue weighted by Crippen LogP contribution is -2.31. The summed E-state index contributed by atoms with van der Waals surface area (Å²) in [5, 5.41) is 0. The number of nitrogens with one attached hydrogen (secondary N) is 4. The van der Waals surface area contributed by atoms with E-state index >= 15 is 0 Å². The van der Waals surface area contributed by atoms with Crippen molar-refractivity contribution >= 4 is 11.9 Å². The van der Waals surface area contributed by atoms with Crippen LogP contribution in [0.5, 0.6) is 0 Å². The molecular weight excluding hydrogens is 288 g/mol. The number of hydrogen-bond acceptors (Lipinski definition) is 7. The van der Waals surface area contributed by atoms with E-state index in [1.54, 1.807) is 9.97 Å². The van der Waals surface area contributed by atoms with E-state index in [0.717, 1.165) is 12.4 Å². The fraction of sp³-hybridized carbons (Fsp3) is 0. The highest BCUT2D eigenvalue weighted by molar-refractivity contribution is 6.01. The summed E-state index contributed by atoms with van der Waals surface area (Å²) in [6, 6.07) is 0. The Kier molecular flexibility index (Phi) is 3.47. The van der Waals surface area contributed by atoms with E-state index in [1.165, 1.54) is 0 Å². The first-order valence-electron chi connectivity index (χ1n) is 5.29. The first-order valence-corrected chi connectivity index (χ1v) is 5.29. The third-order valence-electron chi connectivity index (χ3n) is 2.26. The zero-order valence-electron chi connectivity index (χ0n) is 10.0. The number of hydrogen-bond donors (Lipinski definition) is 4. The Morgan fingerprint density at radius 3 is 1.48 bits per heavy atom. The third kappa shape index (κ3) is 2.91. The summed E-state index contributed by atoms with van der Waals surface area (Å²) in [5.41, 5.74) is -5.09. The molecule has 0 unspecified atom stereocenters. The Hall–Kier alpha value is -3.50. The quantitative estimate of drug-likeness (QED) is 0.347. The van der Waals surface area contributed by atoms with Crippen LogP contribution in [-0.2, 0) is 4.74 Å². The molecule has 0 aliphatic carbocycles. The molecule has 0 saturated carbocycles. The predicted molar refractivity (Wildman–Crippen MR) is 65.1 cm³/mol. The number of ether oxygens (including phenoxy) is 1. The van der Waals surface area contributed by atoms with Crippen molar-refractivity contribution in [1.29, 1.82) is 0 Å². The van der Waals surface area contributed by atoms with Gasteiger partial charge in [-0.3, -0.25) is 19.6 Å². The molecule has 0 saturated heterocycles. The van der Waals surface area contributed by atoms with Gasteiger partial charge in [-0.25, -0.2) is 19.2 Å². The van der Waals surface area contributed by atoms with Crippen molar-refractivity contribution in [2.24, 2.45) is 0 Å². The van der Waals surface area contributed by atoms with Gasteiger partial charge in [0.05, 0.1) is 0 Å². The lowest BCUT2D eigenvalue weighted by Gasteiger charge is -2.01. The molecule has 0 aromatic carbocycles. The second-order valence-corrected chi connectivity index (χ2v) is 3.65.